The standard InChI is InChI=1S/C19H18N6O/c1-25(2)18(20)12-8-9-13-14(10-12)22-19(21-13)16-17(26)15(23-24-16)11-6-4-3-5-7-11/h3-10,20,26H,1-2H3,(H,21,22)(H,23,24). The van der Waals surface area contributed by atoms with Gasteiger partial charge in [0, 0.05) is 25.2 Å². The van der Waals surface area contributed by atoms with E-state index in [9.17, 15) is 5.11 Å². The topological polar surface area (TPSA) is 105 Å². The molecule has 130 valence electrons. The third kappa shape index (κ3) is 2.59. The van der Waals surface area contributed by atoms with Crippen LogP contribution in [-0.4, -0.2) is 50.1 Å². The van der Waals surface area contributed by atoms with Crippen LogP contribution in [0.15, 0.2) is 48.5 Å². The lowest BCUT2D eigenvalue weighted by atomic mass is 10.1. The predicted octanol–water partition coefficient (Wildman–Crippen LogP) is 3.21. The number of benzene rings is 2. The van der Waals surface area contributed by atoms with E-state index in [-0.39, 0.29) is 5.75 Å². The molecular formula is C19H18N6O. The molecule has 0 bridgehead atoms. The second kappa shape index (κ2) is 6.03. The maximum Gasteiger partial charge on any atom is 0.172 e. The first-order valence-corrected chi connectivity index (χ1v) is 8.13. The van der Waals surface area contributed by atoms with Crippen molar-refractivity contribution in [3.05, 3.63) is 54.1 Å². The number of H-pyrrole nitrogens is 2. The fourth-order valence-corrected chi connectivity index (χ4v) is 2.83. The van der Waals surface area contributed by atoms with Crippen molar-refractivity contribution in [1.82, 2.24) is 25.1 Å². The summed E-state index contributed by atoms with van der Waals surface area (Å²) in [5.74, 6) is 0.969. The van der Waals surface area contributed by atoms with Gasteiger partial charge in [0.05, 0.1) is 11.0 Å². The van der Waals surface area contributed by atoms with Gasteiger partial charge < -0.3 is 15.0 Å². The first-order chi connectivity index (χ1) is 12.5. The highest BCUT2D eigenvalue weighted by Crippen LogP contribution is 2.35. The van der Waals surface area contributed by atoms with Crippen LogP contribution in [0.25, 0.3) is 33.8 Å². The van der Waals surface area contributed by atoms with E-state index in [1.807, 2.05) is 62.6 Å². The Balaban J connectivity index is 1.76. The Morgan fingerprint density at radius 2 is 1.88 bits per heavy atom. The van der Waals surface area contributed by atoms with Gasteiger partial charge in [-0.2, -0.15) is 5.10 Å². The van der Waals surface area contributed by atoms with Gasteiger partial charge in [0.2, 0.25) is 0 Å². The molecule has 2 heterocycles. The zero-order chi connectivity index (χ0) is 18.3. The molecule has 0 atom stereocenters. The number of aromatic amines is 2. The maximum absolute atomic E-state index is 10.6. The molecule has 2 aromatic heterocycles. The molecule has 7 heteroatoms. The number of nitrogens with one attached hydrogen (secondary N) is 3. The van der Waals surface area contributed by atoms with Gasteiger partial charge in [-0.05, 0) is 18.2 Å². The van der Waals surface area contributed by atoms with Crippen molar-refractivity contribution < 1.29 is 5.11 Å². The number of hydrogen-bond donors (Lipinski definition) is 4. The lowest BCUT2D eigenvalue weighted by Gasteiger charge is -2.13. The summed E-state index contributed by atoms with van der Waals surface area (Å²) in [6, 6.07) is 15.1. The summed E-state index contributed by atoms with van der Waals surface area (Å²) < 4.78 is 0. The third-order valence-electron chi connectivity index (χ3n) is 4.23. The largest absolute Gasteiger partial charge is 0.504 e. The molecule has 0 saturated carbocycles. The first kappa shape index (κ1) is 15.9. The van der Waals surface area contributed by atoms with Gasteiger partial charge in [-0.3, -0.25) is 10.5 Å². The van der Waals surface area contributed by atoms with Crippen LogP contribution in [0.4, 0.5) is 0 Å². The zero-order valence-electron chi connectivity index (χ0n) is 14.4. The highest BCUT2D eigenvalue weighted by molar-refractivity contribution is 5.99. The second-order valence-electron chi connectivity index (χ2n) is 6.22. The van der Waals surface area contributed by atoms with Gasteiger partial charge >= 0.3 is 0 Å². The Bertz CT molecular complexity index is 1090. The van der Waals surface area contributed by atoms with E-state index in [1.165, 1.54) is 0 Å². The van der Waals surface area contributed by atoms with E-state index in [1.54, 1.807) is 4.90 Å². The molecule has 4 aromatic rings. The Hall–Kier alpha value is -3.61. The van der Waals surface area contributed by atoms with Gasteiger partial charge in [-0.25, -0.2) is 4.98 Å². The number of fused-ring (bicyclic) bond motifs is 1. The monoisotopic (exact) mass is 346 g/mol. The third-order valence-corrected chi connectivity index (χ3v) is 4.23. The molecule has 0 unspecified atom stereocenters. The SMILES string of the molecule is CN(C)C(=N)c1ccc2nc(-c3[nH]nc(-c4ccccc4)c3O)[nH]c2c1. The van der Waals surface area contributed by atoms with Crippen LogP contribution < -0.4 is 0 Å². The number of hydrogen-bond acceptors (Lipinski definition) is 4. The van der Waals surface area contributed by atoms with Crippen molar-refractivity contribution >= 4 is 16.9 Å². The number of aromatic hydroxyl groups is 1. The Kier molecular flexibility index (Phi) is 3.69. The van der Waals surface area contributed by atoms with Crippen LogP contribution in [0.2, 0.25) is 0 Å². The number of amidine groups is 1. The van der Waals surface area contributed by atoms with Crippen LogP contribution in [0.1, 0.15) is 5.56 Å². The fraction of sp³-hybridized carbons (Fsp3) is 0.105. The predicted molar refractivity (Wildman–Crippen MR) is 101 cm³/mol. The summed E-state index contributed by atoms with van der Waals surface area (Å²) in [5, 5.41) is 25.8. The second-order valence-corrected chi connectivity index (χ2v) is 6.22. The van der Waals surface area contributed by atoms with E-state index >= 15 is 0 Å². The molecule has 7 nitrogen and oxygen atoms in total. The summed E-state index contributed by atoms with van der Waals surface area (Å²) in [5.41, 5.74) is 4.08. The van der Waals surface area contributed by atoms with Crippen LogP contribution in [0, 0.1) is 5.41 Å². The van der Waals surface area contributed by atoms with Crippen molar-refractivity contribution in [2.24, 2.45) is 0 Å². The minimum Gasteiger partial charge on any atom is -0.504 e. The summed E-state index contributed by atoms with van der Waals surface area (Å²) in [6.07, 6.45) is 0. The van der Waals surface area contributed by atoms with E-state index in [0.29, 0.717) is 23.0 Å². The van der Waals surface area contributed by atoms with Crippen LogP contribution in [0.5, 0.6) is 5.75 Å². The number of aromatic nitrogens is 4. The molecule has 0 fully saturated rings. The lowest BCUT2D eigenvalue weighted by Crippen LogP contribution is -2.21. The minimum atomic E-state index is 0.0523. The molecule has 0 saturated heterocycles. The van der Waals surface area contributed by atoms with Gasteiger partial charge in [0.25, 0.3) is 0 Å². The molecule has 0 aliphatic carbocycles. The summed E-state index contributed by atoms with van der Waals surface area (Å²) in [6.45, 7) is 0. The summed E-state index contributed by atoms with van der Waals surface area (Å²) in [7, 11) is 3.66. The molecule has 0 aliphatic rings. The van der Waals surface area contributed by atoms with Crippen molar-refractivity contribution in [1.29, 1.82) is 5.41 Å². The number of rotatable bonds is 3. The van der Waals surface area contributed by atoms with Gasteiger partial charge in [0.1, 0.15) is 17.2 Å². The number of nitrogens with zero attached hydrogens (tertiary/aromatic N) is 3. The van der Waals surface area contributed by atoms with Crippen molar-refractivity contribution in [3.8, 4) is 28.5 Å². The highest BCUT2D eigenvalue weighted by atomic mass is 16.3. The number of imidazole rings is 1. The van der Waals surface area contributed by atoms with Gasteiger partial charge in [-0.1, -0.05) is 30.3 Å². The van der Waals surface area contributed by atoms with Crippen molar-refractivity contribution in [3.63, 3.8) is 0 Å². The normalized spacial score (nSPS) is 11.0. The zero-order valence-corrected chi connectivity index (χ0v) is 14.4. The smallest absolute Gasteiger partial charge is 0.172 e. The molecule has 0 radical (unpaired) electrons. The summed E-state index contributed by atoms with van der Waals surface area (Å²) >= 11 is 0. The molecular weight excluding hydrogens is 328 g/mol. The van der Waals surface area contributed by atoms with E-state index in [0.717, 1.165) is 22.2 Å². The van der Waals surface area contributed by atoms with Crippen LogP contribution >= 0.6 is 0 Å². The van der Waals surface area contributed by atoms with Crippen molar-refractivity contribution in [2.45, 2.75) is 0 Å². The Morgan fingerprint density at radius 3 is 2.62 bits per heavy atom. The molecule has 0 spiro atoms. The fourth-order valence-electron chi connectivity index (χ4n) is 2.83. The lowest BCUT2D eigenvalue weighted by molar-refractivity contribution is 0.479. The van der Waals surface area contributed by atoms with E-state index in [2.05, 4.69) is 20.2 Å². The van der Waals surface area contributed by atoms with E-state index < -0.39 is 0 Å². The Morgan fingerprint density at radius 1 is 1.12 bits per heavy atom. The van der Waals surface area contributed by atoms with Gasteiger partial charge in [0.15, 0.2) is 11.6 Å². The maximum atomic E-state index is 10.6. The average Bonchev–Trinajstić information content (AvgIpc) is 3.24. The van der Waals surface area contributed by atoms with Crippen molar-refractivity contribution in [2.75, 3.05) is 14.1 Å². The van der Waals surface area contributed by atoms with E-state index in [4.69, 9.17) is 5.41 Å². The first-order valence-electron chi connectivity index (χ1n) is 8.13. The van der Waals surface area contributed by atoms with Crippen LogP contribution in [-0.2, 0) is 0 Å². The quantitative estimate of drug-likeness (QED) is 0.338. The average molecular weight is 346 g/mol. The Labute approximate surface area is 149 Å². The molecule has 0 aliphatic heterocycles. The molecule has 4 rings (SSSR count). The molecule has 26 heavy (non-hydrogen) atoms. The van der Waals surface area contributed by atoms with Gasteiger partial charge in [-0.15, -0.1) is 0 Å². The van der Waals surface area contributed by atoms with Crippen LogP contribution in [0.3, 0.4) is 0 Å². The summed E-state index contributed by atoms with van der Waals surface area (Å²) in [4.78, 5) is 9.46. The molecule has 0 amide bonds. The minimum absolute atomic E-state index is 0.0523. The molecule has 4 N–H and O–H groups in total. The molecule has 2 aromatic carbocycles. The highest BCUT2D eigenvalue weighted by Gasteiger charge is 2.18.